The lowest BCUT2D eigenvalue weighted by atomic mass is 9.93. The lowest BCUT2D eigenvalue weighted by molar-refractivity contribution is 0.382. The molecule has 0 spiro atoms. The maximum absolute atomic E-state index is 6.49. The molecule has 0 fully saturated rings. The van der Waals surface area contributed by atoms with Crippen LogP contribution in [0.25, 0.3) is 0 Å². The lowest BCUT2D eigenvalue weighted by Crippen LogP contribution is -2.16. The first kappa shape index (κ1) is 15.7. The Morgan fingerprint density at radius 1 is 1.00 bits per heavy atom. The van der Waals surface area contributed by atoms with Crippen molar-refractivity contribution in [2.45, 2.75) is 19.9 Å². The fourth-order valence-corrected chi connectivity index (χ4v) is 2.70. The molecular weight excluding hydrogens is 286 g/mol. The maximum atomic E-state index is 6.49. The van der Waals surface area contributed by atoms with Crippen molar-refractivity contribution in [1.82, 2.24) is 0 Å². The Kier molecular flexibility index (Phi) is 4.76. The average molecular weight is 306 g/mol. The molecule has 2 aromatic carbocycles. The van der Waals surface area contributed by atoms with Crippen LogP contribution in [0.1, 0.15) is 28.3 Å². The molecule has 0 radical (unpaired) electrons. The van der Waals surface area contributed by atoms with Gasteiger partial charge in [0.2, 0.25) is 0 Å². The van der Waals surface area contributed by atoms with Crippen LogP contribution in [-0.2, 0) is 0 Å². The summed E-state index contributed by atoms with van der Waals surface area (Å²) >= 11 is 6.16. The van der Waals surface area contributed by atoms with Crippen molar-refractivity contribution in [2.24, 2.45) is 5.73 Å². The summed E-state index contributed by atoms with van der Waals surface area (Å²) in [6.45, 7) is 3.97. The number of aryl methyl sites for hydroxylation is 2. The van der Waals surface area contributed by atoms with Crippen molar-refractivity contribution in [1.29, 1.82) is 0 Å². The van der Waals surface area contributed by atoms with Gasteiger partial charge in [-0.15, -0.1) is 0 Å². The number of nitrogens with two attached hydrogens (primary N) is 1. The fourth-order valence-electron chi connectivity index (χ4n) is 2.48. The predicted molar refractivity (Wildman–Crippen MR) is 86.5 cm³/mol. The Bertz CT molecular complexity index is 633. The van der Waals surface area contributed by atoms with Crippen molar-refractivity contribution < 1.29 is 9.47 Å². The van der Waals surface area contributed by atoms with Crippen LogP contribution < -0.4 is 15.2 Å². The summed E-state index contributed by atoms with van der Waals surface area (Å²) < 4.78 is 10.9. The zero-order valence-electron chi connectivity index (χ0n) is 12.7. The molecule has 0 amide bonds. The third kappa shape index (κ3) is 2.99. The van der Waals surface area contributed by atoms with Gasteiger partial charge in [0.25, 0.3) is 0 Å². The van der Waals surface area contributed by atoms with Gasteiger partial charge in [0, 0.05) is 5.02 Å². The van der Waals surface area contributed by atoms with Crippen molar-refractivity contribution in [3.05, 3.63) is 57.6 Å². The number of halogens is 1. The highest BCUT2D eigenvalue weighted by molar-refractivity contribution is 6.31. The fraction of sp³-hybridized carbons (Fsp3) is 0.294. The molecule has 2 aromatic rings. The number of rotatable bonds is 4. The molecule has 0 aromatic heterocycles. The van der Waals surface area contributed by atoms with Gasteiger partial charge in [-0.2, -0.15) is 0 Å². The number of methoxy groups -OCH3 is 2. The van der Waals surface area contributed by atoms with E-state index in [1.165, 1.54) is 0 Å². The van der Waals surface area contributed by atoms with Crippen LogP contribution in [0, 0.1) is 13.8 Å². The Hall–Kier alpha value is -1.71. The number of benzene rings is 2. The highest BCUT2D eigenvalue weighted by atomic mass is 35.5. The van der Waals surface area contributed by atoms with Crippen molar-refractivity contribution in [3.63, 3.8) is 0 Å². The second kappa shape index (κ2) is 6.37. The molecule has 1 unspecified atom stereocenters. The standard InChI is InChI=1S/C17H20ClNO2/c1-10-9-13(18)11(2)8-12(10)17(19)16-14(20-3)6-5-7-15(16)21-4/h5-9,17H,19H2,1-4H3. The minimum Gasteiger partial charge on any atom is -0.496 e. The Morgan fingerprint density at radius 3 is 2.10 bits per heavy atom. The van der Waals surface area contributed by atoms with E-state index in [1.54, 1.807) is 14.2 Å². The molecule has 2 N–H and O–H groups in total. The first-order chi connectivity index (χ1) is 9.99. The third-order valence-corrected chi connectivity index (χ3v) is 4.07. The molecule has 0 aliphatic rings. The molecule has 1 atom stereocenters. The van der Waals surface area contributed by atoms with E-state index < -0.39 is 0 Å². The summed E-state index contributed by atoms with van der Waals surface area (Å²) in [6.07, 6.45) is 0. The molecule has 21 heavy (non-hydrogen) atoms. The van der Waals surface area contributed by atoms with E-state index in [-0.39, 0.29) is 6.04 Å². The molecule has 2 rings (SSSR count). The molecule has 112 valence electrons. The predicted octanol–water partition coefficient (Wildman–Crippen LogP) is 4.02. The monoisotopic (exact) mass is 305 g/mol. The third-order valence-electron chi connectivity index (χ3n) is 3.66. The second-order valence-corrected chi connectivity index (χ2v) is 5.42. The summed E-state index contributed by atoms with van der Waals surface area (Å²) in [7, 11) is 3.26. The van der Waals surface area contributed by atoms with Crippen LogP contribution in [0.5, 0.6) is 11.5 Å². The SMILES string of the molecule is COc1cccc(OC)c1C(N)c1cc(C)c(Cl)cc1C. The lowest BCUT2D eigenvalue weighted by Gasteiger charge is -2.21. The van der Waals surface area contributed by atoms with Crippen LogP contribution in [0.15, 0.2) is 30.3 Å². The highest BCUT2D eigenvalue weighted by Crippen LogP contribution is 2.37. The van der Waals surface area contributed by atoms with E-state index in [9.17, 15) is 0 Å². The smallest absolute Gasteiger partial charge is 0.127 e. The van der Waals surface area contributed by atoms with Gasteiger partial charge in [-0.05, 0) is 48.7 Å². The van der Waals surface area contributed by atoms with Crippen molar-refractivity contribution >= 4 is 11.6 Å². The van der Waals surface area contributed by atoms with Crippen LogP contribution in [0.4, 0.5) is 0 Å². The number of hydrogen-bond acceptors (Lipinski definition) is 3. The van der Waals surface area contributed by atoms with E-state index in [0.717, 1.165) is 27.3 Å². The van der Waals surface area contributed by atoms with E-state index in [0.29, 0.717) is 11.5 Å². The van der Waals surface area contributed by atoms with Gasteiger partial charge in [-0.25, -0.2) is 0 Å². The molecule has 0 saturated carbocycles. The summed E-state index contributed by atoms with van der Waals surface area (Å²) in [5.41, 5.74) is 10.4. The molecule has 0 aliphatic heterocycles. The van der Waals surface area contributed by atoms with Gasteiger partial charge < -0.3 is 15.2 Å². The molecule has 4 heteroatoms. The van der Waals surface area contributed by atoms with E-state index in [1.807, 2.05) is 44.2 Å². The minimum atomic E-state index is -0.341. The molecule has 3 nitrogen and oxygen atoms in total. The van der Waals surface area contributed by atoms with Crippen LogP contribution in [0.3, 0.4) is 0 Å². The molecule has 0 bridgehead atoms. The zero-order valence-corrected chi connectivity index (χ0v) is 13.5. The number of ether oxygens (including phenoxy) is 2. The van der Waals surface area contributed by atoms with Gasteiger partial charge >= 0.3 is 0 Å². The van der Waals surface area contributed by atoms with E-state index in [2.05, 4.69) is 0 Å². The van der Waals surface area contributed by atoms with Crippen LogP contribution in [0.2, 0.25) is 5.02 Å². The minimum absolute atomic E-state index is 0.341. The van der Waals surface area contributed by atoms with Crippen molar-refractivity contribution in [3.8, 4) is 11.5 Å². The molecular formula is C17H20ClNO2. The first-order valence-corrected chi connectivity index (χ1v) is 7.10. The van der Waals surface area contributed by atoms with Crippen LogP contribution >= 0.6 is 11.6 Å². The Labute approximate surface area is 130 Å². The average Bonchev–Trinajstić information content (AvgIpc) is 2.49. The van der Waals surface area contributed by atoms with Crippen molar-refractivity contribution in [2.75, 3.05) is 14.2 Å². The van der Waals surface area contributed by atoms with Gasteiger partial charge in [0.15, 0.2) is 0 Å². The summed E-state index contributed by atoms with van der Waals surface area (Å²) in [4.78, 5) is 0. The van der Waals surface area contributed by atoms with E-state index in [4.69, 9.17) is 26.8 Å². The first-order valence-electron chi connectivity index (χ1n) is 6.72. The number of hydrogen-bond donors (Lipinski definition) is 1. The van der Waals surface area contributed by atoms with Gasteiger partial charge in [0.05, 0.1) is 25.8 Å². The Morgan fingerprint density at radius 2 is 1.57 bits per heavy atom. The largest absolute Gasteiger partial charge is 0.496 e. The van der Waals surface area contributed by atoms with E-state index >= 15 is 0 Å². The Balaban J connectivity index is 2.59. The molecule has 0 saturated heterocycles. The summed E-state index contributed by atoms with van der Waals surface area (Å²) in [5.74, 6) is 1.43. The normalized spacial score (nSPS) is 12.1. The second-order valence-electron chi connectivity index (χ2n) is 5.01. The maximum Gasteiger partial charge on any atom is 0.127 e. The highest BCUT2D eigenvalue weighted by Gasteiger charge is 2.21. The van der Waals surface area contributed by atoms with Gasteiger partial charge in [-0.1, -0.05) is 23.7 Å². The topological polar surface area (TPSA) is 44.5 Å². The summed E-state index contributed by atoms with van der Waals surface area (Å²) in [5, 5.41) is 0.746. The molecule has 0 heterocycles. The zero-order chi connectivity index (χ0) is 15.6. The quantitative estimate of drug-likeness (QED) is 0.928. The van der Waals surface area contributed by atoms with Crippen LogP contribution in [-0.4, -0.2) is 14.2 Å². The van der Waals surface area contributed by atoms with Gasteiger partial charge in [0.1, 0.15) is 11.5 Å². The van der Waals surface area contributed by atoms with Gasteiger partial charge in [-0.3, -0.25) is 0 Å². The molecule has 0 aliphatic carbocycles. The summed E-state index contributed by atoms with van der Waals surface area (Å²) in [6, 6.07) is 9.27.